The molecule has 0 aromatic heterocycles. The van der Waals surface area contributed by atoms with Crippen LogP contribution in [0.5, 0.6) is 5.75 Å². The number of hydrogen-bond donors (Lipinski definition) is 1. The van der Waals surface area contributed by atoms with Gasteiger partial charge in [0.05, 0.1) is 0 Å². The van der Waals surface area contributed by atoms with Gasteiger partial charge in [-0.1, -0.05) is 31.5 Å². The number of carbonyl (C=O) groups is 1. The van der Waals surface area contributed by atoms with Gasteiger partial charge in [-0.2, -0.15) is 5.10 Å². The zero-order valence-electron chi connectivity index (χ0n) is 10.3. The number of hydrazone groups is 1. The van der Waals surface area contributed by atoms with E-state index in [-0.39, 0.29) is 12.5 Å². The highest BCUT2D eigenvalue weighted by atomic mass is 16.5. The van der Waals surface area contributed by atoms with Crippen LogP contribution < -0.4 is 10.2 Å². The maximum Gasteiger partial charge on any atom is 0.277 e. The lowest BCUT2D eigenvalue weighted by Gasteiger charge is -2.05. The van der Waals surface area contributed by atoms with Crippen LogP contribution in [0, 0.1) is 0 Å². The molecule has 0 aliphatic rings. The minimum Gasteiger partial charge on any atom is -0.484 e. The van der Waals surface area contributed by atoms with E-state index < -0.39 is 0 Å². The van der Waals surface area contributed by atoms with Crippen molar-refractivity contribution in [2.45, 2.75) is 26.7 Å². The largest absolute Gasteiger partial charge is 0.484 e. The summed E-state index contributed by atoms with van der Waals surface area (Å²) >= 11 is 0. The van der Waals surface area contributed by atoms with Gasteiger partial charge in [0.25, 0.3) is 5.91 Å². The lowest BCUT2D eigenvalue weighted by Crippen LogP contribution is -2.25. The molecule has 0 fully saturated rings. The van der Waals surface area contributed by atoms with Crippen molar-refractivity contribution in [3.05, 3.63) is 30.3 Å². The van der Waals surface area contributed by atoms with Crippen molar-refractivity contribution in [2.75, 3.05) is 6.61 Å². The molecule has 92 valence electrons. The Hall–Kier alpha value is -1.84. The van der Waals surface area contributed by atoms with E-state index in [1.807, 2.05) is 25.1 Å². The van der Waals surface area contributed by atoms with E-state index >= 15 is 0 Å². The summed E-state index contributed by atoms with van der Waals surface area (Å²) in [5.41, 5.74) is 3.38. The third-order valence-corrected chi connectivity index (χ3v) is 2.10. The summed E-state index contributed by atoms with van der Waals surface area (Å²) in [6, 6.07) is 9.22. The summed E-state index contributed by atoms with van der Waals surface area (Å²) in [5, 5.41) is 3.96. The lowest BCUT2D eigenvalue weighted by molar-refractivity contribution is -0.123. The Balaban J connectivity index is 2.29. The van der Waals surface area contributed by atoms with Crippen LogP contribution in [0.3, 0.4) is 0 Å². The summed E-state index contributed by atoms with van der Waals surface area (Å²) in [5.74, 6) is 0.432. The van der Waals surface area contributed by atoms with Crippen LogP contribution in [-0.4, -0.2) is 18.2 Å². The van der Waals surface area contributed by atoms with E-state index in [0.717, 1.165) is 18.6 Å². The van der Waals surface area contributed by atoms with Crippen molar-refractivity contribution in [3.8, 4) is 5.75 Å². The fourth-order valence-electron chi connectivity index (χ4n) is 1.27. The molecule has 0 saturated carbocycles. The Morgan fingerprint density at radius 3 is 2.71 bits per heavy atom. The van der Waals surface area contributed by atoms with Crippen LogP contribution in [0.25, 0.3) is 0 Å². The zero-order valence-corrected chi connectivity index (χ0v) is 10.3. The van der Waals surface area contributed by atoms with Crippen molar-refractivity contribution >= 4 is 11.6 Å². The predicted octanol–water partition coefficient (Wildman–Crippen LogP) is 2.36. The van der Waals surface area contributed by atoms with Gasteiger partial charge < -0.3 is 4.74 Å². The minimum absolute atomic E-state index is 0.0209. The quantitative estimate of drug-likeness (QED) is 0.606. The molecule has 17 heavy (non-hydrogen) atoms. The van der Waals surface area contributed by atoms with Gasteiger partial charge in [-0.15, -0.1) is 0 Å². The van der Waals surface area contributed by atoms with Gasteiger partial charge >= 0.3 is 0 Å². The lowest BCUT2D eigenvalue weighted by atomic mass is 10.2. The Bertz CT molecular complexity index is 374. The third kappa shape index (κ3) is 5.70. The second kappa shape index (κ2) is 7.44. The van der Waals surface area contributed by atoms with Gasteiger partial charge in [0.15, 0.2) is 6.61 Å². The van der Waals surface area contributed by atoms with E-state index in [0.29, 0.717) is 5.75 Å². The first-order valence-corrected chi connectivity index (χ1v) is 5.72. The predicted molar refractivity (Wildman–Crippen MR) is 68.1 cm³/mol. The molecule has 1 amide bonds. The maximum absolute atomic E-state index is 11.4. The van der Waals surface area contributed by atoms with Crippen molar-refractivity contribution in [3.63, 3.8) is 0 Å². The van der Waals surface area contributed by atoms with E-state index in [1.54, 1.807) is 12.1 Å². The minimum atomic E-state index is -0.246. The van der Waals surface area contributed by atoms with E-state index in [9.17, 15) is 4.79 Å². The Kier molecular flexibility index (Phi) is 5.79. The molecule has 0 aliphatic heterocycles. The Labute approximate surface area is 102 Å². The summed E-state index contributed by atoms with van der Waals surface area (Å²) in [4.78, 5) is 11.4. The van der Waals surface area contributed by atoms with Crippen LogP contribution in [0.15, 0.2) is 35.4 Å². The topological polar surface area (TPSA) is 50.7 Å². The van der Waals surface area contributed by atoms with Gasteiger partial charge in [-0.25, -0.2) is 5.43 Å². The standard InChI is InChI=1S/C13H18N2O2/c1-3-7-11(2)14-15-13(16)10-17-12-8-5-4-6-9-12/h4-6,8-9H,3,7,10H2,1-2H3,(H,15,16)/b14-11+. The molecule has 4 nitrogen and oxygen atoms in total. The van der Waals surface area contributed by atoms with E-state index in [4.69, 9.17) is 4.74 Å². The maximum atomic E-state index is 11.4. The molecule has 1 rings (SSSR count). The molecular weight excluding hydrogens is 216 g/mol. The number of para-hydroxylation sites is 1. The molecular formula is C13H18N2O2. The highest BCUT2D eigenvalue weighted by molar-refractivity contribution is 5.84. The van der Waals surface area contributed by atoms with Gasteiger partial charge in [-0.05, 0) is 25.5 Å². The summed E-state index contributed by atoms with van der Waals surface area (Å²) < 4.78 is 5.28. The van der Waals surface area contributed by atoms with Gasteiger partial charge in [0.2, 0.25) is 0 Å². The summed E-state index contributed by atoms with van der Waals surface area (Å²) in [6.07, 6.45) is 1.91. The normalized spacial score (nSPS) is 11.1. The molecule has 0 saturated heterocycles. The van der Waals surface area contributed by atoms with Crippen LogP contribution in [0.2, 0.25) is 0 Å². The van der Waals surface area contributed by atoms with Gasteiger partial charge in [0.1, 0.15) is 5.75 Å². The number of rotatable bonds is 6. The number of benzene rings is 1. The molecule has 0 aliphatic carbocycles. The second-order valence-corrected chi connectivity index (χ2v) is 3.73. The molecule has 4 heteroatoms. The number of nitrogens with zero attached hydrogens (tertiary/aromatic N) is 1. The number of amides is 1. The first-order chi connectivity index (χ1) is 8.22. The van der Waals surface area contributed by atoms with E-state index in [1.165, 1.54) is 0 Å². The van der Waals surface area contributed by atoms with Crippen LogP contribution in [0.4, 0.5) is 0 Å². The van der Waals surface area contributed by atoms with Crippen molar-refractivity contribution in [2.24, 2.45) is 5.10 Å². The molecule has 1 N–H and O–H groups in total. The van der Waals surface area contributed by atoms with Crippen molar-refractivity contribution < 1.29 is 9.53 Å². The van der Waals surface area contributed by atoms with Gasteiger partial charge in [-0.3, -0.25) is 4.79 Å². The molecule has 0 unspecified atom stereocenters. The monoisotopic (exact) mass is 234 g/mol. The SMILES string of the molecule is CCC/C(C)=N/NC(=O)COc1ccccc1. The van der Waals surface area contributed by atoms with Gasteiger partial charge in [0, 0.05) is 5.71 Å². The average molecular weight is 234 g/mol. The van der Waals surface area contributed by atoms with Crippen LogP contribution in [-0.2, 0) is 4.79 Å². The van der Waals surface area contributed by atoms with Crippen LogP contribution in [0.1, 0.15) is 26.7 Å². The van der Waals surface area contributed by atoms with E-state index in [2.05, 4.69) is 17.5 Å². The van der Waals surface area contributed by atoms with Crippen molar-refractivity contribution in [1.82, 2.24) is 5.43 Å². The molecule has 1 aromatic rings. The second-order valence-electron chi connectivity index (χ2n) is 3.73. The summed E-state index contributed by atoms with van der Waals surface area (Å²) in [7, 11) is 0. The molecule has 0 spiro atoms. The zero-order chi connectivity index (χ0) is 12.5. The Morgan fingerprint density at radius 2 is 2.06 bits per heavy atom. The molecule has 0 heterocycles. The Morgan fingerprint density at radius 1 is 1.35 bits per heavy atom. The fraction of sp³-hybridized carbons (Fsp3) is 0.385. The molecule has 0 bridgehead atoms. The number of carbonyl (C=O) groups excluding carboxylic acids is 1. The first-order valence-electron chi connectivity index (χ1n) is 5.72. The third-order valence-electron chi connectivity index (χ3n) is 2.10. The summed E-state index contributed by atoms with van der Waals surface area (Å²) in [6.45, 7) is 3.94. The number of nitrogens with one attached hydrogen (secondary N) is 1. The van der Waals surface area contributed by atoms with Crippen LogP contribution >= 0.6 is 0 Å². The molecule has 1 aromatic carbocycles. The average Bonchev–Trinajstić information content (AvgIpc) is 2.35. The molecule has 0 atom stereocenters. The molecule has 0 radical (unpaired) electrons. The highest BCUT2D eigenvalue weighted by Crippen LogP contribution is 2.07. The van der Waals surface area contributed by atoms with Crippen molar-refractivity contribution in [1.29, 1.82) is 0 Å². The number of ether oxygens (including phenoxy) is 1. The first kappa shape index (κ1) is 13.2. The fourth-order valence-corrected chi connectivity index (χ4v) is 1.27. The smallest absolute Gasteiger partial charge is 0.277 e. The number of hydrogen-bond acceptors (Lipinski definition) is 3. The highest BCUT2D eigenvalue weighted by Gasteiger charge is 2.01.